The van der Waals surface area contributed by atoms with Crippen LogP contribution in [0, 0.1) is 11.3 Å². The van der Waals surface area contributed by atoms with Gasteiger partial charge < -0.3 is 4.90 Å². The molecule has 0 aromatic carbocycles. The summed E-state index contributed by atoms with van der Waals surface area (Å²) in [6.45, 7) is 0. The summed E-state index contributed by atoms with van der Waals surface area (Å²) in [6.07, 6.45) is 4.18. The zero-order chi connectivity index (χ0) is 6.41. The molecule has 0 atom stereocenters. The van der Waals surface area contributed by atoms with Gasteiger partial charge in [-0.3, -0.25) is 0 Å². The highest BCUT2D eigenvalue weighted by Gasteiger charge is 1.72. The van der Waals surface area contributed by atoms with Gasteiger partial charge >= 0.3 is 0 Å². The standard InChI is InChI=1S/C6H10N2/c1-8(2)6-4-3-5-7/h4,6H,3H2,1-2H3. The molecule has 0 aliphatic rings. The third-order valence-electron chi connectivity index (χ3n) is 0.613. The Morgan fingerprint density at radius 1 is 1.62 bits per heavy atom. The first kappa shape index (κ1) is 7.03. The Morgan fingerprint density at radius 3 is 2.62 bits per heavy atom. The van der Waals surface area contributed by atoms with Gasteiger partial charge in [0, 0.05) is 14.1 Å². The van der Waals surface area contributed by atoms with Gasteiger partial charge in [-0.25, -0.2) is 0 Å². The second-order valence-corrected chi connectivity index (χ2v) is 1.71. The van der Waals surface area contributed by atoms with Gasteiger partial charge in [-0.05, 0) is 6.20 Å². The predicted molar refractivity (Wildman–Crippen MR) is 33.1 cm³/mol. The van der Waals surface area contributed by atoms with E-state index in [1.54, 1.807) is 0 Å². The van der Waals surface area contributed by atoms with Crippen molar-refractivity contribution < 1.29 is 0 Å². The number of hydrogen-bond acceptors (Lipinski definition) is 2. The smallest absolute Gasteiger partial charge is 0.0663 e. The van der Waals surface area contributed by atoms with Crippen LogP contribution >= 0.6 is 0 Å². The maximum Gasteiger partial charge on any atom is 0.0663 e. The molecule has 0 saturated heterocycles. The Hall–Kier alpha value is -0.970. The van der Waals surface area contributed by atoms with Crippen LogP contribution in [-0.2, 0) is 0 Å². The van der Waals surface area contributed by atoms with Crippen LogP contribution in [0.4, 0.5) is 0 Å². The number of allylic oxidation sites excluding steroid dienone is 1. The lowest BCUT2D eigenvalue weighted by Gasteiger charge is -2.00. The summed E-state index contributed by atoms with van der Waals surface area (Å²) >= 11 is 0. The van der Waals surface area contributed by atoms with Crippen LogP contribution in [0.25, 0.3) is 0 Å². The van der Waals surface area contributed by atoms with E-state index in [4.69, 9.17) is 5.26 Å². The topological polar surface area (TPSA) is 27.0 Å². The van der Waals surface area contributed by atoms with E-state index >= 15 is 0 Å². The van der Waals surface area contributed by atoms with E-state index in [0.29, 0.717) is 6.42 Å². The molecule has 0 fully saturated rings. The highest BCUT2D eigenvalue weighted by atomic mass is 15.0. The maximum absolute atomic E-state index is 8.06. The minimum absolute atomic E-state index is 0.498. The van der Waals surface area contributed by atoms with E-state index in [-0.39, 0.29) is 0 Å². The fourth-order valence-corrected chi connectivity index (χ4v) is 0.316. The molecule has 8 heavy (non-hydrogen) atoms. The molecule has 0 rings (SSSR count). The van der Waals surface area contributed by atoms with E-state index in [0.717, 1.165) is 0 Å². The lowest BCUT2D eigenvalue weighted by atomic mass is 10.4. The number of rotatable bonds is 2. The van der Waals surface area contributed by atoms with Crippen LogP contribution in [-0.4, -0.2) is 19.0 Å². The zero-order valence-corrected chi connectivity index (χ0v) is 5.26. The fraction of sp³-hybridized carbons (Fsp3) is 0.500. The van der Waals surface area contributed by atoms with Gasteiger partial charge in [-0.1, -0.05) is 6.08 Å². The van der Waals surface area contributed by atoms with Crippen LogP contribution in [0.2, 0.25) is 0 Å². The fourth-order valence-electron chi connectivity index (χ4n) is 0.316. The molecule has 0 spiro atoms. The number of hydrogen-bond donors (Lipinski definition) is 0. The van der Waals surface area contributed by atoms with Gasteiger partial charge in [-0.15, -0.1) is 0 Å². The highest BCUT2D eigenvalue weighted by molar-refractivity contribution is 4.88. The van der Waals surface area contributed by atoms with Crippen molar-refractivity contribution >= 4 is 0 Å². The van der Waals surface area contributed by atoms with Crippen molar-refractivity contribution in [3.8, 4) is 6.07 Å². The second-order valence-electron chi connectivity index (χ2n) is 1.71. The van der Waals surface area contributed by atoms with Crippen LogP contribution in [0.3, 0.4) is 0 Å². The molecule has 0 unspecified atom stereocenters. The SMILES string of the molecule is CN(C)C=CCC#N. The molecule has 0 amide bonds. The molecule has 0 bridgehead atoms. The van der Waals surface area contributed by atoms with E-state index in [9.17, 15) is 0 Å². The molecule has 2 heteroatoms. The lowest BCUT2D eigenvalue weighted by Crippen LogP contribution is -1.99. The largest absolute Gasteiger partial charge is 0.384 e. The molecule has 0 aromatic rings. The quantitative estimate of drug-likeness (QED) is 0.529. The van der Waals surface area contributed by atoms with Crippen molar-refractivity contribution in [2.24, 2.45) is 0 Å². The van der Waals surface area contributed by atoms with E-state index in [1.807, 2.05) is 37.3 Å². The van der Waals surface area contributed by atoms with Crippen LogP contribution in [0.5, 0.6) is 0 Å². The molecule has 44 valence electrons. The van der Waals surface area contributed by atoms with Crippen molar-refractivity contribution in [2.45, 2.75) is 6.42 Å². The van der Waals surface area contributed by atoms with Crippen molar-refractivity contribution in [3.05, 3.63) is 12.3 Å². The van der Waals surface area contributed by atoms with Gasteiger partial charge in [0.2, 0.25) is 0 Å². The predicted octanol–water partition coefficient (Wildman–Crippen LogP) is 0.975. The highest BCUT2D eigenvalue weighted by Crippen LogP contribution is 1.80. The summed E-state index contributed by atoms with van der Waals surface area (Å²) in [5.41, 5.74) is 0. The lowest BCUT2D eigenvalue weighted by molar-refractivity contribution is 0.562. The first-order chi connectivity index (χ1) is 3.77. The summed E-state index contributed by atoms with van der Waals surface area (Å²) in [5, 5.41) is 8.06. The molecule has 0 radical (unpaired) electrons. The second kappa shape index (κ2) is 4.20. The van der Waals surface area contributed by atoms with E-state index < -0.39 is 0 Å². The Bertz CT molecular complexity index is 108. The summed E-state index contributed by atoms with van der Waals surface area (Å²) < 4.78 is 0. The molecular formula is C6H10N2. The molecule has 0 aliphatic carbocycles. The Kier molecular flexibility index (Phi) is 3.69. The number of nitrogens with zero attached hydrogens (tertiary/aromatic N) is 2. The third kappa shape index (κ3) is 5.03. The van der Waals surface area contributed by atoms with Crippen LogP contribution < -0.4 is 0 Å². The summed E-state index contributed by atoms with van der Waals surface area (Å²) in [4.78, 5) is 1.90. The summed E-state index contributed by atoms with van der Waals surface area (Å²) in [7, 11) is 3.85. The Balaban J connectivity index is 3.23. The average Bonchev–Trinajstić information content (AvgIpc) is 1.66. The Morgan fingerprint density at radius 2 is 2.25 bits per heavy atom. The van der Waals surface area contributed by atoms with E-state index in [1.165, 1.54) is 0 Å². The zero-order valence-electron chi connectivity index (χ0n) is 5.26. The minimum atomic E-state index is 0.498. The van der Waals surface area contributed by atoms with Crippen LogP contribution in [0.1, 0.15) is 6.42 Å². The number of nitriles is 1. The molecular weight excluding hydrogens is 100 g/mol. The first-order valence-corrected chi connectivity index (χ1v) is 2.47. The van der Waals surface area contributed by atoms with Gasteiger partial charge in [0.1, 0.15) is 0 Å². The molecule has 0 saturated carbocycles. The maximum atomic E-state index is 8.06. The molecule has 2 nitrogen and oxygen atoms in total. The monoisotopic (exact) mass is 110 g/mol. The van der Waals surface area contributed by atoms with Gasteiger partial charge in [0.15, 0.2) is 0 Å². The van der Waals surface area contributed by atoms with Crippen molar-refractivity contribution in [1.29, 1.82) is 5.26 Å². The van der Waals surface area contributed by atoms with Crippen LogP contribution in [0.15, 0.2) is 12.3 Å². The van der Waals surface area contributed by atoms with Gasteiger partial charge in [-0.2, -0.15) is 5.26 Å². The van der Waals surface area contributed by atoms with Crippen molar-refractivity contribution in [2.75, 3.05) is 14.1 Å². The minimum Gasteiger partial charge on any atom is -0.384 e. The van der Waals surface area contributed by atoms with Gasteiger partial charge in [0.25, 0.3) is 0 Å². The normalized spacial score (nSPS) is 9.12. The van der Waals surface area contributed by atoms with E-state index in [2.05, 4.69) is 0 Å². The van der Waals surface area contributed by atoms with Crippen molar-refractivity contribution in [1.82, 2.24) is 4.90 Å². The summed E-state index contributed by atoms with van der Waals surface area (Å²) in [5.74, 6) is 0. The third-order valence-corrected chi connectivity index (χ3v) is 0.613. The molecule has 0 aromatic heterocycles. The summed E-state index contributed by atoms with van der Waals surface area (Å²) in [6, 6.07) is 2.01. The molecule has 0 N–H and O–H groups in total. The Labute approximate surface area is 50.0 Å². The molecule has 0 aliphatic heterocycles. The van der Waals surface area contributed by atoms with Crippen molar-refractivity contribution in [3.63, 3.8) is 0 Å². The van der Waals surface area contributed by atoms with Gasteiger partial charge in [0.05, 0.1) is 12.5 Å². The molecule has 0 heterocycles. The average molecular weight is 110 g/mol. The first-order valence-electron chi connectivity index (χ1n) is 2.47.